The van der Waals surface area contributed by atoms with Gasteiger partial charge in [0, 0.05) is 18.0 Å². The normalized spacial score (nSPS) is 16.7. The van der Waals surface area contributed by atoms with Gasteiger partial charge in [-0.1, -0.05) is 62.4 Å². The number of benzene rings is 2. The number of amides is 2. The Morgan fingerprint density at radius 1 is 1.03 bits per heavy atom. The lowest BCUT2D eigenvalue weighted by Crippen LogP contribution is -2.52. The predicted octanol–water partition coefficient (Wildman–Crippen LogP) is 4.77. The highest BCUT2D eigenvalue weighted by Crippen LogP contribution is 2.36. The SMILES string of the molecule is CCC1(CC)CC(=O)N([C@H](c2cccnc2)c2cccc(C(=O)N[C@@H](C)c3ccccc3)c2)C(N)=N1. The largest absolute Gasteiger partial charge is 0.369 e. The molecule has 36 heavy (non-hydrogen) atoms. The number of pyridine rings is 1. The van der Waals surface area contributed by atoms with E-state index in [-0.39, 0.29) is 30.2 Å². The highest BCUT2D eigenvalue weighted by atomic mass is 16.2. The van der Waals surface area contributed by atoms with E-state index >= 15 is 0 Å². The topological polar surface area (TPSA) is 101 Å². The van der Waals surface area contributed by atoms with Gasteiger partial charge in [0.2, 0.25) is 5.91 Å². The number of aromatic nitrogens is 1. The molecule has 186 valence electrons. The summed E-state index contributed by atoms with van der Waals surface area (Å²) in [7, 11) is 0. The van der Waals surface area contributed by atoms with Crippen LogP contribution in [0.1, 0.15) is 79.2 Å². The minimum absolute atomic E-state index is 0.0902. The number of carbonyl (C=O) groups is 2. The molecular formula is C29H33N5O2. The van der Waals surface area contributed by atoms with Crippen molar-refractivity contribution < 1.29 is 9.59 Å². The van der Waals surface area contributed by atoms with Gasteiger partial charge in [-0.2, -0.15) is 0 Å². The van der Waals surface area contributed by atoms with Gasteiger partial charge in [-0.25, -0.2) is 4.99 Å². The molecule has 1 aliphatic heterocycles. The number of aliphatic imine (C=N–C) groups is 1. The zero-order chi connectivity index (χ0) is 25.7. The van der Waals surface area contributed by atoms with E-state index in [9.17, 15) is 9.59 Å². The third kappa shape index (κ3) is 5.15. The van der Waals surface area contributed by atoms with E-state index < -0.39 is 11.6 Å². The Labute approximate surface area is 212 Å². The van der Waals surface area contributed by atoms with Crippen molar-refractivity contribution in [3.63, 3.8) is 0 Å². The molecule has 7 heteroatoms. The maximum absolute atomic E-state index is 13.5. The van der Waals surface area contributed by atoms with Crippen LogP contribution in [0.25, 0.3) is 0 Å². The van der Waals surface area contributed by atoms with E-state index in [1.807, 2.05) is 81.4 Å². The second-order valence-electron chi connectivity index (χ2n) is 9.26. The van der Waals surface area contributed by atoms with Crippen LogP contribution in [-0.4, -0.2) is 33.2 Å². The number of nitrogens with two attached hydrogens (primary N) is 1. The first-order valence-electron chi connectivity index (χ1n) is 12.4. The average molecular weight is 484 g/mol. The van der Waals surface area contributed by atoms with Gasteiger partial charge in [0.25, 0.3) is 5.91 Å². The standard InChI is InChI=1S/C29H33N5O2/c1-4-29(5-2)18-25(35)34(28(30)33-29)26(24-15-10-16-31-19-24)22-13-9-14-23(17-22)27(36)32-20(3)21-11-7-6-8-12-21/h6-17,19-20,26H,4-5,18H2,1-3H3,(H2,30,33)(H,32,36)/t20-,26-/m0/s1. The van der Waals surface area contributed by atoms with E-state index in [4.69, 9.17) is 10.7 Å². The van der Waals surface area contributed by atoms with Crippen LogP contribution in [0, 0.1) is 0 Å². The predicted molar refractivity (Wildman–Crippen MR) is 141 cm³/mol. The summed E-state index contributed by atoms with van der Waals surface area (Å²) in [6, 6.07) is 20.1. The Hall–Kier alpha value is -4.00. The van der Waals surface area contributed by atoms with Crippen molar-refractivity contribution in [3.8, 4) is 0 Å². The highest BCUT2D eigenvalue weighted by Gasteiger charge is 2.41. The number of hydrogen-bond donors (Lipinski definition) is 2. The molecule has 0 aliphatic carbocycles. The molecule has 1 aromatic heterocycles. The molecule has 7 nitrogen and oxygen atoms in total. The summed E-state index contributed by atoms with van der Waals surface area (Å²) in [5.41, 5.74) is 9.05. The van der Waals surface area contributed by atoms with Gasteiger partial charge in [-0.05, 0) is 54.7 Å². The van der Waals surface area contributed by atoms with Gasteiger partial charge in [0.05, 0.1) is 24.0 Å². The fourth-order valence-corrected chi connectivity index (χ4v) is 4.75. The lowest BCUT2D eigenvalue weighted by molar-refractivity contribution is -0.131. The van der Waals surface area contributed by atoms with Crippen molar-refractivity contribution in [2.45, 2.75) is 57.7 Å². The lowest BCUT2D eigenvalue weighted by atomic mass is 9.86. The molecule has 2 heterocycles. The summed E-state index contributed by atoms with van der Waals surface area (Å²) in [5.74, 6) is -0.0929. The van der Waals surface area contributed by atoms with Gasteiger partial charge in [-0.15, -0.1) is 0 Å². The number of nitrogens with zero attached hydrogens (tertiary/aromatic N) is 3. The maximum Gasteiger partial charge on any atom is 0.251 e. The Morgan fingerprint density at radius 2 is 1.72 bits per heavy atom. The molecule has 0 spiro atoms. The van der Waals surface area contributed by atoms with E-state index in [2.05, 4.69) is 10.3 Å². The maximum atomic E-state index is 13.5. The molecule has 1 aliphatic rings. The van der Waals surface area contributed by atoms with Gasteiger partial charge in [-0.3, -0.25) is 19.5 Å². The van der Waals surface area contributed by atoms with Crippen LogP contribution < -0.4 is 11.1 Å². The molecule has 4 rings (SSSR count). The number of guanidine groups is 1. The van der Waals surface area contributed by atoms with E-state index in [0.29, 0.717) is 5.56 Å². The smallest absolute Gasteiger partial charge is 0.251 e. The molecular weight excluding hydrogens is 450 g/mol. The van der Waals surface area contributed by atoms with E-state index in [1.54, 1.807) is 23.4 Å². The van der Waals surface area contributed by atoms with Gasteiger partial charge >= 0.3 is 0 Å². The molecule has 0 bridgehead atoms. The second kappa shape index (κ2) is 10.7. The molecule has 0 unspecified atom stereocenters. The van der Waals surface area contributed by atoms with Gasteiger partial charge in [0.15, 0.2) is 5.96 Å². The first-order valence-corrected chi connectivity index (χ1v) is 12.4. The number of nitrogens with one attached hydrogen (secondary N) is 1. The summed E-state index contributed by atoms with van der Waals surface area (Å²) in [4.78, 5) is 37.3. The van der Waals surface area contributed by atoms with Crippen LogP contribution in [0.5, 0.6) is 0 Å². The van der Waals surface area contributed by atoms with E-state index in [0.717, 1.165) is 29.5 Å². The number of rotatable bonds is 8. The quantitative estimate of drug-likeness (QED) is 0.482. The van der Waals surface area contributed by atoms with Crippen LogP contribution in [0.15, 0.2) is 84.1 Å². The highest BCUT2D eigenvalue weighted by molar-refractivity contribution is 6.00. The fourth-order valence-electron chi connectivity index (χ4n) is 4.75. The first-order chi connectivity index (χ1) is 17.4. The fraction of sp³-hybridized carbons (Fsp3) is 0.310. The van der Waals surface area contributed by atoms with Crippen molar-refractivity contribution in [2.75, 3.05) is 0 Å². The van der Waals surface area contributed by atoms with Crippen molar-refractivity contribution in [1.82, 2.24) is 15.2 Å². The molecule has 0 saturated heterocycles. The second-order valence-corrected chi connectivity index (χ2v) is 9.26. The van der Waals surface area contributed by atoms with Crippen molar-refractivity contribution in [2.24, 2.45) is 10.7 Å². The summed E-state index contributed by atoms with van der Waals surface area (Å²) < 4.78 is 0. The van der Waals surface area contributed by atoms with Crippen molar-refractivity contribution in [3.05, 3.63) is 101 Å². The van der Waals surface area contributed by atoms with Gasteiger partial charge < -0.3 is 11.1 Å². The average Bonchev–Trinajstić information content (AvgIpc) is 2.91. The lowest BCUT2D eigenvalue weighted by Gasteiger charge is -2.40. The minimum atomic E-state index is -0.555. The molecule has 2 amide bonds. The summed E-state index contributed by atoms with van der Waals surface area (Å²) in [5, 5.41) is 3.06. The van der Waals surface area contributed by atoms with Gasteiger partial charge in [0.1, 0.15) is 0 Å². The molecule has 2 atom stereocenters. The van der Waals surface area contributed by atoms with Crippen LogP contribution in [-0.2, 0) is 4.79 Å². The zero-order valence-corrected chi connectivity index (χ0v) is 21.0. The summed E-state index contributed by atoms with van der Waals surface area (Å²) >= 11 is 0. The van der Waals surface area contributed by atoms with Crippen LogP contribution in [0.3, 0.4) is 0 Å². The first kappa shape index (κ1) is 25.1. The Morgan fingerprint density at radius 3 is 2.36 bits per heavy atom. The zero-order valence-electron chi connectivity index (χ0n) is 21.0. The monoisotopic (exact) mass is 483 g/mol. The van der Waals surface area contributed by atoms with Crippen LogP contribution >= 0.6 is 0 Å². The molecule has 3 aromatic rings. The summed E-state index contributed by atoms with van der Waals surface area (Å²) in [6.45, 7) is 6.01. The Bertz CT molecular complexity index is 1240. The number of hydrogen-bond acceptors (Lipinski definition) is 5. The van der Waals surface area contributed by atoms with E-state index in [1.165, 1.54) is 0 Å². The Balaban J connectivity index is 1.70. The molecule has 2 aromatic carbocycles. The van der Waals surface area contributed by atoms with Crippen LogP contribution in [0.2, 0.25) is 0 Å². The molecule has 0 radical (unpaired) electrons. The molecule has 0 saturated carbocycles. The van der Waals surface area contributed by atoms with Crippen molar-refractivity contribution >= 4 is 17.8 Å². The third-order valence-corrected chi connectivity index (χ3v) is 7.03. The molecule has 0 fully saturated rings. The third-order valence-electron chi connectivity index (χ3n) is 7.03. The Kier molecular flexibility index (Phi) is 7.48. The number of carbonyl (C=O) groups excluding carboxylic acids is 2. The summed E-state index contributed by atoms with van der Waals surface area (Å²) in [6.07, 6.45) is 5.15. The molecule has 3 N–H and O–H groups in total. The minimum Gasteiger partial charge on any atom is -0.369 e. The van der Waals surface area contributed by atoms with Crippen LogP contribution in [0.4, 0.5) is 0 Å². The van der Waals surface area contributed by atoms with Crippen molar-refractivity contribution in [1.29, 1.82) is 0 Å².